The molecule has 0 aliphatic rings. The van der Waals surface area contributed by atoms with Crippen LogP contribution in [0.25, 0.3) is 0 Å². The van der Waals surface area contributed by atoms with Gasteiger partial charge in [0.2, 0.25) is 11.8 Å². The zero-order valence-electron chi connectivity index (χ0n) is 10.8. The van der Waals surface area contributed by atoms with Crippen LogP contribution in [0.15, 0.2) is 11.6 Å². The highest BCUT2D eigenvalue weighted by Gasteiger charge is 2.09. The summed E-state index contributed by atoms with van der Waals surface area (Å²) < 4.78 is 0. The summed E-state index contributed by atoms with van der Waals surface area (Å²) in [7, 11) is 3.17. The molecule has 0 aromatic carbocycles. The van der Waals surface area contributed by atoms with Gasteiger partial charge in [0.1, 0.15) is 0 Å². The van der Waals surface area contributed by atoms with Crippen LogP contribution < -0.4 is 10.6 Å². The van der Waals surface area contributed by atoms with Crippen LogP contribution in [0, 0.1) is 0 Å². The first kappa shape index (κ1) is 16.1. The van der Waals surface area contributed by atoms with E-state index in [1.165, 1.54) is 24.9 Å². The van der Waals surface area contributed by atoms with Crippen LogP contribution in [0.1, 0.15) is 6.92 Å². The molecule has 3 N–H and O–H groups in total. The van der Waals surface area contributed by atoms with Gasteiger partial charge in [0.25, 0.3) is 0 Å². The molecule has 0 aliphatic carbocycles. The van der Waals surface area contributed by atoms with Crippen molar-refractivity contribution in [2.45, 2.75) is 6.92 Å². The van der Waals surface area contributed by atoms with Crippen LogP contribution in [-0.2, 0) is 14.4 Å². The molecule has 2 amide bonds. The zero-order chi connectivity index (χ0) is 14.1. The van der Waals surface area contributed by atoms with Crippen molar-refractivity contribution in [3.8, 4) is 0 Å². The lowest BCUT2D eigenvalue weighted by Gasteiger charge is -2.15. The maximum absolute atomic E-state index is 11.5. The van der Waals surface area contributed by atoms with Crippen LogP contribution in [0.3, 0.4) is 0 Å². The fraction of sp³-hybridized carbons (Fsp3) is 0.545. The van der Waals surface area contributed by atoms with Gasteiger partial charge in [0.05, 0.1) is 13.1 Å². The summed E-state index contributed by atoms with van der Waals surface area (Å²) in [5.74, 6) is -1.57. The summed E-state index contributed by atoms with van der Waals surface area (Å²) in [6.07, 6.45) is 1.44. The SMILES string of the molecule is CNCC(=O)NCC(=O)N(C)C/C=C(\C)C(=O)O. The molecule has 0 heterocycles. The monoisotopic (exact) mass is 257 g/mol. The van der Waals surface area contributed by atoms with E-state index in [2.05, 4.69) is 10.6 Å². The molecular weight excluding hydrogens is 238 g/mol. The molecule has 0 saturated carbocycles. The number of nitrogens with one attached hydrogen (secondary N) is 2. The molecule has 0 rings (SSSR count). The van der Waals surface area contributed by atoms with Crippen LogP contribution in [0.2, 0.25) is 0 Å². The number of carbonyl (C=O) groups is 3. The molecule has 7 heteroatoms. The quantitative estimate of drug-likeness (QED) is 0.498. The molecule has 0 saturated heterocycles. The molecule has 7 nitrogen and oxygen atoms in total. The van der Waals surface area contributed by atoms with Gasteiger partial charge in [-0.3, -0.25) is 9.59 Å². The molecule has 0 bridgehead atoms. The number of likely N-dealkylation sites (N-methyl/N-ethyl adjacent to an activating group) is 2. The zero-order valence-corrected chi connectivity index (χ0v) is 10.8. The Labute approximate surface area is 106 Å². The number of hydrogen-bond acceptors (Lipinski definition) is 4. The van der Waals surface area contributed by atoms with Gasteiger partial charge in [0.15, 0.2) is 0 Å². The van der Waals surface area contributed by atoms with Gasteiger partial charge in [-0.1, -0.05) is 6.08 Å². The third-order valence-electron chi connectivity index (χ3n) is 2.21. The molecule has 0 aromatic heterocycles. The summed E-state index contributed by atoms with van der Waals surface area (Å²) in [5.41, 5.74) is 0.175. The smallest absolute Gasteiger partial charge is 0.331 e. The molecule has 0 fully saturated rings. The Morgan fingerprint density at radius 2 is 1.89 bits per heavy atom. The topological polar surface area (TPSA) is 98.7 Å². The lowest BCUT2D eigenvalue weighted by molar-refractivity contribution is -0.133. The van der Waals surface area contributed by atoms with Crippen molar-refractivity contribution in [1.82, 2.24) is 15.5 Å². The van der Waals surface area contributed by atoms with E-state index in [0.717, 1.165) is 0 Å². The van der Waals surface area contributed by atoms with Crippen LogP contribution >= 0.6 is 0 Å². The van der Waals surface area contributed by atoms with Gasteiger partial charge in [0, 0.05) is 19.2 Å². The molecular formula is C11H19N3O4. The second kappa shape index (κ2) is 8.24. The van der Waals surface area contributed by atoms with Crippen molar-refractivity contribution < 1.29 is 19.5 Å². The van der Waals surface area contributed by atoms with E-state index in [1.54, 1.807) is 7.05 Å². The third-order valence-corrected chi connectivity index (χ3v) is 2.21. The Balaban J connectivity index is 4.08. The average molecular weight is 257 g/mol. The van der Waals surface area contributed by atoms with E-state index in [1.807, 2.05) is 0 Å². The first-order chi connectivity index (χ1) is 8.38. The molecule has 0 aromatic rings. The van der Waals surface area contributed by atoms with E-state index in [0.29, 0.717) is 0 Å². The molecule has 0 spiro atoms. The number of aliphatic carboxylic acids is 1. The third kappa shape index (κ3) is 6.64. The predicted octanol–water partition coefficient (Wildman–Crippen LogP) is -1.19. The van der Waals surface area contributed by atoms with E-state index < -0.39 is 5.97 Å². The van der Waals surface area contributed by atoms with Gasteiger partial charge in [-0.05, 0) is 14.0 Å². The molecule has 0 unspecified atom stereocenters. The normalized spacial score (nSPS) is 10.9. The average Bonchev–Trinajstić information content (AvgIpc) is 2.32. The first-order valence-corrected chi connectivity index (χ1v) is 5.43. The van der Waals surface area contributed by atoms with Crippen molar-refractivity contribution in [3.05, 3.63) is 11.6 Å². The highest BCUT2D eigenvalue weighted by Crippen LogP contribution is 1.93. The maximum Gasteiger partial charge on any atom is 0.331 e. The molecule has 102 valence electrons. The minimum absolute atomic E-state index is 0.100. The summed E-state index contributed by atoms with van der Waals surface area (Å²) in [6, 6.07) is 0. The number of carboxylic acid groups (broad SMARTS) is 1. The first-order valence-electron chi connectivity index (χ1n) is 5.43. The molecule has 0 radical (unpaired) electrons. The number of carbonyl (C=O) groups excluding carboxylic acids is 2. The highest BCUT2D eigenvalue weighted by atomic mass is 16.4. The summed E-state index contributed by atoms with van der Waals surface area (Å²) in [5, 5.41) is 13.7. The van der Waals surface area contributed by atoms with Gasteiger partial charge in [-0.25, -0.2) is 4.79 Å². The summed E-state index contributed by atoms with van der Waals surface area (Å²) in [6.45, 7) is 1.69. The van der Waals surface area contributed by atoms with Crippen molar-refractivity contribution >= 4 is 17.8 Å². The Morgan fingerprint density at radius 3 is 2.39 bits per heavy atom. The Bertz CT molecular complexity index is 352. The van der Waals surface area contributed by atoms with Gasteiger partial charge in [-0.15, -0.1) is 0 Å². The summed E-state index contributed by atoms with van der Waals surface area (Å²) in [4.78, 5) is 34.5. The lowest BCUT2D eigenvalue weighted by atomic mass is 10.3. The van der Waals surface area contributed by atoms with E-state index in [4.69, 9.17) is 5.11 Å². The van der Waals surface area contributed by atoms with Gasteiger partial charge >= 0.3 is 5.97 Å². The number of carboxylic acids is 1. The standard InChI is InChI=1S/C11H19N3O4/c1-8(11(17)18)4-5-14(3)10(16)7-13-9(15)6-12-2/h4,12H,5-7H2,1-3H3,(H,13,15)(H,17,18)/b8-4+. The fourth-order valence-electron chi connectivity index (χ4n) is 0.995. The molecule has 0 atom stereocenters. The molecule has 0 aliphatic heterocycles. The predicted molar refractivity (Wildman–Crippen MR) is 66.0 cm³/mol. The summed E-state index contributed by atoms with van der Waals surface area (Å²) >= 11 is 0. The van der Waals surface area contributed by atoms with Crippen molar-refractivity contribution in [3.63, 3.8) is 0 Å². The van der Waals surface area contributed by atoms with Crippen molar-refractivity contribution in [2.75, 3.05) is 33.7 Å². The van der Waals surface area contributed by atoms with Crippen molar-refractivity contribution in [2.24, 2.45) is 0 Å². The van der Waals surface area contributed by atoms with Gasteiger partial charge in [-0.2, -0.15) is 0 Å². The Hall–Kier alpha value is -1.89. The lowest BCUT2D eigenvalue weighted by Crippen LogP contribution is -2.41. The maximum atomic E-state index is 11.5. The minimum atomic E-state index is -1.02. The minimum Gasteiger partial charge on any atom is -0.478 e. The van der Waals surface area contributed by atoms with Crippen LogP contribution in [0.4, 0.5) is 0 Å². The second-order valence-corrected chi connectivity index (χ2v) is 3.77. The molecule has 18 heavy (non-hydrogen) atoms. The number of rotatable bonds is 7. The van der Waals surface area contributed by atoms with Gasteiger partial charge < -0.3 is 20.6 Å². The van der Waals surface area contributed by atoms with E-state index in [-0.39, 0.29) is 37.0 Å². The highest BCUT2D eigenvalue weighted by molar-refractivity contribution is 5.87. The van der Waals surface area contributed by atoms with E-state index in [9.17, 15) is 14.4 Å². The number of amides is 2. The Kier molecular flexibility index (Phi) is 7.37. The Morgan fingerprint density at radius 1 is 1.28 bits per heavy atom. The fourth-order valence-corrected chi connectivity index (χ4v) is 0.995. The van der Waals surface area contributed by atoms with Crippen LogP contribution in [-0.4, -0.2) is 61.5 Å². The second-order valence-electron chi connectivity index (χ2n) is 3.77. The largest absolute Gasteiger partial charge is 0.478 e. The van der Waals surface area contributed by atoms with Crippen molar-refractivity contribution in [1.29, 1.82) is 0 Å². The van der Waals surface area contributed by atoms with Crippen LogP contribution in [0.5, 0.6) is 0 Å². The number of hydrogen-bond donors (Lipinski definition) is 3. The number of nitrogens with zero attached hydrogens (tertiary/aromatic N) is 1. The van der Waals surface area contributed by atoms with E-state index >= 15 is 0 Å².